The molecule has 0 spiro atoms. The number of hydrogen-bond donors (Lipinski definition) is 2. The van der Waals surface area contributed by atoms with Crippen LogP contribution in [0.5, 0.6) is 5.75 Å². The number of hydrogen-bond acceptors (Lipinski definition) is 11. The molecule has 0 amide bonds. The van der Waals surface area contributed by atoms with Gasteiger partial charge in [-0.05, 0) is 24.3 Å². The van der Waals surface area contributed by atoms with Gasteiger partial charge in [0.05, 0.1) is 51.5 Å². The summed E-state index contributed by atoms with van der Waals surface area (Å²) in [7, 11) is 0. The molecule has 0 saturated carbocycles. The maximum atomic E-state index is 12.4. The molecule has 4 rings (SSSR count). The van der Waals surface area contributed by atoms with Crippen LogP contribution in [0.1, 0.15) is 37.5 Å². The van der Waals surface area contributed by atoms with Gasteiger partial charge >= 0.3 is 11.4 Å². The third-order valence-corrected chi connectivity index (χ3v) is 5.61. The smallest absolute Gasteiger partial charge is 0.324 e. The number of carbonyl (C=O) groups excluding carboxylic acids is 1. The van der Waals surface area contributed by atoms with Crippen LogP contribution in [-0.2, 0) is 4.79 Å². The van der Waals surface area contributed by atoms with E-state index in [1.165, 1.54) is 0 Å². The lowest BCUT2D eigenvalue weighted by atomic mass is 9.79. The number of phenolic OH excluding ortho intramolecular Hbond substituents is 1. The zero-order valence-corrected chi connectivity index (χ0v) is 18.4. The van der Waals surface area contributed by atoms with E-state index in [1.807, 2.05) is 38.1 Å². The summed E-state index contributed by atoms with van der Waals surface area (Å²) in [5, 5.41) is 43.7. The fourth-order valence-corrected chi connectivity index (χ4v) is 3.79. The Morgan fingerprint density at radius 3 is 1.57 bits per heavy atom. The van der Waals surface area contributed by atoms with Gasteiger partial charge in [0.2, 0.25) is 0 Å². The number of benzene rings is 1. The van der Waals surface area contributed by atoms with E-state index in [0.717, 1.165) is 11.5 Å². The topological polar surface area (TPSA) is 205 Å². The number of non-ortho nitro benzene ring substituents is 1. The summed E-state index contributed by atoms with van der Waals surface area (Å²) in [6.45, 7) is 3.88. The summed E-state index contributed by atoms with van der Waals surface area (Å²) in [6.07, 6.45) is 3.27. The Morgan fingerprint density at radius 1 is 0.829 bits per heavy atom. The molecule has 1 aliphatic rings. The number of Topliss-reactive ketones (excluding diaryl/α,β-unsaturated/α-hetero) is 1. The highest BCUT2D eigenvalue weighted by Gasteiger charge is 2.42. The summed E-state index contributed by atoms with van der Waals surface area (Å²) >= 11 is 0. The molecule has 14 nitrogen and oxygen atoms in total. The fourth-order valence-electron chi connectivity index (χ4n) is 3.79. The van der Waals surface area contributed by atoms with Crippen molar-refractivity contribution in [3.05, 3.63) is 90.8 Å². The molecule has 1 saturated heterocycles. The van der Waals surface area contributed by atoms with E-state index in [9.17, 15) is 35.1 Å². The van der Waals surface area contributed by atoms with Crippen molar-refractivity contribution in [1.29, 1.82) is 0 Å². The Kier molecular flexibility index (Phi) is 7.25. The second kappa shape index (κ2) is 10.1. The molecule has 2 aromatic heterocycles. The van der Waals surface area contributed by atoms with Crippen molar-refractivity contribution in [2.24, 2.45) is 11.8 Å². The van der Waals surface area contributed by atoms with Gasteiger partial charge in [-0.2, -0.15) is 0 Å². The summed E-state index contributed by atoms with van der Waals surface area (Å²) in [5.74, 6) is 0.412. The van der Waals surface area contributed by atoms with Gasteiger partial charge in [-0.25, -0.2) is 0 Å². The molecule has 1 aromatic carbocycles. The van der Waals surface area contributed by atoms with Crippen molar-refractivity contribution in [1.82, 2.24) is 5.32 Å². The van der Waals surface area contributed by atoms with Gasteiger partial charge in [-0.3, -0.25) is 40.5 Å². The minimum absolute atomic E-state index is 0.103. The van der Waals surface area contributed by atoms with Crippen molar-refractivity contribution >= 4 is 22.8 Å². The Morgan fingerprint density at radius 2 is 1.26 bits per heavy atom. The first-order valence-electron chi connectivity index (χ1n) is 10.2. The molecule has 4 atom stereocenters. The van der Waals surface area contributed by atoms with Crippen LogP contribution in [0.3, 0.4) is 0 Å². The largest absolute Gasteiger partial charge is 0.497 e. The summed E-state index contributed by atoms with van der Waals surface area (Å²) in [4.78, 5) is 40.2. The Bertz CT molecular complexity index is 1160. The number of piperidine rings is 1. The number of ketones is 1. The highest BCUT2D eigenvalue weighted by Crippen LogP contribution is 2.39. The molecule has 35 heavy (non-hydrogen) atoms. The molecule has 3 heterocycles. The van der Waals surface area contributed by atoms with Crippen LogP contribution < -0.4 is 5.32 Å². The fraction of sp³-hybridized carbons (Fsp3) is 0.286. The van der Waals surface area contributed by atoms with Crippen molar-refractivity contribution in [2.75, 3.05) is 0 Å². The van der Waals surface area contributed by atoms with E-state index in [2.05, 4.69) is 5.32 Å². The monoisotopic (exact) mass is 488 g/mol. The number of aromatic hydroxyl groups is 1. The predicted molar refractivity (Wildman–Crippen MR) is 117 cm³/mol. The predicted octanol–water partition coefficient (Wildman–Crippen LogP) is 4.22. The second-order valence-electron chi connectivity index (χ2n) is 7.74. The van der Waals surface area contributed by atoms with E-state index in [-0.39, 0.29) is 29.7 Å². The SMILES string of the molecule is CC1C(=O)C(C)C(c2ccco2)NC1c1ccco1.O=[N+]([O-])c1cc([N+](=O)[O-])c(O)c([N+](=O)[O-])c1. The quantitative estimate of drug-likeness (QED) is 0.384. The zero-order valence-electron chi connectivity index (χ0n) is 18.4. The highest BCUT2D eigenvalue weighted by atomic mass is 16.6. The van der Waals surface area contributed by atoms with Crippen molar-refractivity contribution in [3.63, 3.8) is 0 Å². The number of furan rings is 2. The van der Waals surface area contributed by atoms with Crippen LogP contribution in [0.4, 0.5) is 17.1 Å². The highest BCUT2D eigenvalue weighted by molar-refractivity contribution is 5.85. The Hall–Kier alpha value is -4.59. The van der Waals surface area contributed by atoms with Crippen LogP contribution in [0.25, 0.3) is 0 Å². The second-order valence-corrected chi connectivity index (χ2v) is 7.74. The molecule has 184 valence electrons. The van der Waals surface area contributed by atoms with E-state index in [1.54, 1.807) is 12.5 Å². The van der Waals surface area contributed by atoms with Gasteiger partial charge in [-0.1, -0.05) is 13.8 Å². The molecular weight excluding hydrogens is 468 g/mol. The Labute approximate surface area is 196 Å². The average Bonchev–Trinajstić information content (AvgIpc) is 3.52. The van der Waals surface area contributed by atoms with Gasteiger partial charge in [0.25, 0.3) is 11.4 Å². The lowest BCUT2D eigenvalue weighted by molar-refractivity contribution is -0.404. The van der Waals surface area contributed by atoms with Crippen LogP contribution in [0.2, 0.25) is 0 Å². The maximum absolute atomic E-state index is 12.4. The van der Waals surface area contributed by atoms with Crippen LogP contribution in [-0.4, -0.2) is 25.7 Å². The number of rotatable bonds is 5. The number of nitrogens with zero attached hydrogens (tertiary/aromatic N) is 3. The van der Waals surface area contributed by atoms with E-state index >= 15 is 0 Å². The third-order valence-electron chi connectivity index (χ3n) is 5.61. The van der Waals surface area contributed by atoms with Gasteiger partial charge in [0, 0.05) is 11.8 Å². The first-order valence-corrected chi connectivity index (χ1v) is 10.2. The molecule has 0 radical (unpaired) electrons. The average molecular weight is 488 g/mol. The maximum Gasteiger partial charge on any atom is 0.324 e. The first-order chi connectivity index (χ1) is 16.5. The Balaban J connectivity index is 0.000000199. The van der Waals surface area contributed by atoms with Gasteiger partial charge in [0.15, 0.2) is 0 Å². The number of phenols is 1. The van der Waals surface area contributed by atoms with Crippen molar-refractivity contribution in [3.8, 4) is 5.75 Å². The molecule has 0 aliphatic carbocycles. The number of nitro benzene ring substituents is 3. The zero-order chi connectivity index (χ0) is 25.9. The minimum atomic E-state index is -1.21. The molecule has 0 bridgehead atoms. The van der Waals surface area contributed by atoms with E-state index in [4.69, 9.17) is 13.9 Å². The normalized spacial score (nSPS) is 21.6. The minimum Gasteiger partial charge on any atom is -0.497 e. The molecule has 1 aliphatic heterocycles. The molecule has 4 unspecified atom stereocenters. The lowest BCUT2D eigenvalue weighted by Gasteiger charge is -2.37. The van der Waals surface area contributed by atoms with Crippen molar-refractivity contribution in [2.45, 2.75) is 25.9 Å². The van der Waals surface area contributed by atoms with Crippen LogP contribution >= 0.6 is 0 Å². The summed E-state index contributed by atoms with van der Waals surface area (Å²) in [5.41, 5.74) is -3.00. The van der Waals surface area contributed by atoms with Gasteiger partial charge in [0.1, 0.15) is 17.3 Å². The van der Waals surface area contributed by atoms with Crippen LogP contribution in [0, 0.1) is 42.2 Å². The standard InChI is InChI=1S/C15H17NO3.C6H3N3O7/c1-9-13(11-5-3-7-18-11)16-14(10(2)15(9)17)12-6-4-8-19-12;10-6-4(8(13)14)1-3(7(11)12)2-5(6)9(15)16/h3-10,13-14,16H,1-2H3;1-2,10H. The molecule has 2 N–H and O–H groups in total. The van der Waals surface area contributed by atoms with Gasteiger partial charge in [-0.15, -0.1) is 0 Å². The summed E-state index contributed by atoms with van der Waals surface area (Å²) < 4.78 is 10.9. The first kappa shape index (κ1) is 25.0. The third kappa shape index (κ3) is 5.16. The van der Waals surface area contributed by atoms with Crippen LogP contribution in [0.15, 0.2) is 57.8 Å². The summed E-state index contributed by atoms with van der Waals surface area (Å²) in [6, 6.07) is 8.17. The molecule has 3 aromatic rings. The number of nitro groups is 3. The molecular formula is C21H20N4O10. The van der Waals surface area contributed by atoms with E-state index < -0.39 is 37.6 Å². The molecule has 1 fully saturated rings. The number of nitrogens with one attached hydrogen (secondary N) is 1. The lowest BCUT2D eigenvalue weighted by Crippen LogP contribution is -2.46. The molecule has 14 heteroatoms. The van der Waals surface area contributed by atoms with Crippen molar-refractivity contribution < 1.29 is 33.5 Å². The van der Waals surface area contributed by atoms with E-state index in [0.29, 0.717) is 12.1 Å². The van der Waals surface area contributed by atoms with Gasteiger partial charge < -0.3 is 13.9 Å². The number of carbonyl (C=O) groups is 1.